The van der Waals surface area contributed by atoms with E-state index in [9.17, 15) is 0 Å². The lowest BCUT2D eigenvalue weighted by Gasteiger charge is -2.11. The zero-order valence-electron chi connectivity index (χ0n) is 26.9. The number of fused-ring (bicyclic) bond motifs is 6. The van der Waals surface area contributed by atoms with Gasteiger partial charge in [-0.3, -0.25) is 0 Å². The molecular formula is C46H28N2S2. The van der Waals surface area contributed by atoms with E-state index < -0.39 is 0 Å². The highest BCUT2D eigenvalue weighted by Gasteiger charge is 2.15. The molecule has 0 saturated heterocycles. The van der Waals surface area contributed by atoms with Gasteiger partial charge in [0.25, 0.3) is 0 Å². The molecule has 0 N–H and O–H groups in total. The number of rotatable bonds is 5. The van der Waals surface area contributed by atoms with E-state index in [0.29, 0.717) is 0 Å². The zero-order chi connectivity index (χ0) is 33.0. The molecule has 0 saturated carbocycles. The summed E-state index contributed by atoms with van der Waals surface area (Å²) >= 11 is 3.71. The Bertz CT molecular complexity index is 2670. The van der Waals surface area contributed by atoms with Crippen LogP contribution in [0.1, 0.15) is 0 Å². The summed E-state index contributed by atoms with van der Waals surface area (Å²) in [6.07, 6.45) is 0. The number of hydrogen-bond acceptors (Lipinski definition) is 4. The van der Waals surface area contributed by atoms with E-state index >= 15 is 0 Å². The number of aromatic nitrogens is 2. The monoisotopic (exact) mass is 672 g/mol. The summed E-state index contributed by atoms with van der Waals surface area (Å²) in [6, 6.07) is 60.7. The van der Waals surface area contributed by atoms with Crippen molar-refractivity contribution in [3.63, 3.8) is 0 Å². The molecular weight excluding hydrogens is 645 g/mol. The van der Waals surface area contributed by atoms with Crippen molar-refractivity contribution in [2.75, 3.05) is 0 Å². The maximum Gasteiger partial charge on any atom is 0.160 e. The van der Waals surface area contributed by atoms with Crippen molar-refractivity contribution in [3.8, 4) is 56.2 Å². The Hall–Kier alpha value is -5.94. The highest BCUT2D eigenvalue weighted by atomic mass is 32.1. The van der Waals surface area contributed by atoms with Crippen LogP contribution in [0.15, 0.2) is 170 Å². The smallest absolute Gasteiger partial charge is 0.160 e. The third-order valence-corrected chi connectivity index (χ3v) is 11.8. The van der Waals surface area contributed by atoms with Gasteiger partial charge in [0.05, 0.1) is 11.4 Å². The van der Waals surface area contributed by atoms with E-state index in [-0.39, 0.29) is 0 Å². The number of nitrogens with zero attached hydrogens (tertiary/aromatic N) is 2. The summed E-state index contributed by atoms with van der Waals surface area (Å²) in [4.78, 5) is 10.2. The van der Waals surface area contributed by atoms with Crippen LogP contribution in [-0.4, -0.2) is 9.97 Å². The molecule has 0 aliphatic carbocycles. The largest absolute Gasteiger partial charge is 0.228 e. The molecule has 2 nitrogen and oxygen atoms in total. The maximum atomic E-state index is 5.10. The van der Waals surface area contributed by atoms with Crippen LogP contribution in [0.2, 0.25) is 0 Å². The molecule has 0 aliphatic heterocycles. The van der Waals surface area contributed by atoms with Gasteiger partial charge in [0.2, 0.25) is 0 Å². The van der Waals surface area contributed by atoms with Gasteiger partial charge in [-0.25, -0.2) is 9.97 Å². The van der Waals surface area contributed by atoms with E-state index in [4.69, 9.17) is 9.97 Å². The van der Waals surface area contributed by atoms with Crippen LogP contribution in [0.5, 0.6) is 0 Å². The minimum atomic E-state index is 0.718. The maximum absolute atomic E-state index is 5.10. The summed E-state index contributed by atoms with van der Waals surface area (Å²) in [5, 5.41) is 5.27. The first-order valence-electron chi connectivity index (χ1n) is 16.7. The average Bonchev–Trinajstić information content (AvgIpc) is 3.77. The molecule has 0 aliphatic rings. The van der Waals surface area contributed by atoms with E-state index in [1.807, 2.05) is 40.9 Å². The molecule has 50 heavy (non-hydrogen) atoms. The van der Waals surface area contributed by atoms with Gasteiger partial charge in [0, 0.05) is 57.0 Å². The van der Waals surface area contributed by atoms with Crippen molar-refractivity contribution in [3.05, 3.63) is 170 Å². The Morgan fingerprint density at radius 2 is 0.740 bits per heavy atom. The van der Waals surface area contributed by atoms with E-state index in [1.54, 1.807) is 0 Å². The summed E-state index contributed by atoms with van der Waals surface area (Å²) in [5.41, 5.74) is 9.83. The predicted octanol–water partition coefficient (Wildman–Crippen LogP) is 13.5. The molecule has 0 bridgehead atoms. The second-order valence-corrected chi connectivity index (χ2v) is 14.7. The lowest BCUT2D eigenvalue weighted by Crippen LogP contribution is -1.96. The third-order valence-electron chi connectivity index (χ3n) is 9.55. The number of hydrogen-bond donors (Lipinski definition) is 0. The van der Waals surface area contributed by atoms with E-state index in [1.165, 1.54) is 62.6 Å². The molecule has 0 atom stereocenters. The van der Waals surface area contributed by atoms with Gasteiger partial charge in [0.15, 0.2) is 5.82 Å². The standard InChI is InChI=1S/C46H28N2S2/c1-2-10-33(11-3-1)46-47-38(31-24-20-29(21-25-31)34-14-8-18-42-44(34)36-12-4-6-16-40(36)49-42)28-39(48-46)32-26-22-30(23-27-32)35-15-9-19-43-45(35)37-13-5-7-17-41(37)50-43/h1-28H. The van der Waals surface area contributed by atoms with Gasteiger partial charge in [0.1, 0.15) is 0 Å². The summed E-state index contributed by atoms with van der Waals surface area (Å²) in [5.74, 6) is 0.718. The van der Waals surface area contributed by atoms with Gasteiger partial charge in [-0.1, -0.05) is 140 Å². The molecule has 0 radical (unpaired) electrons. The molecule has 0 amide bonds. The van der Waals surface area contributed by atoms with Crippen LogP contribution >= 0.6 is 22.7 Å². The molecule has 3 aromatic heterocycles. The quantitative estimate of drug-likeness (QED) is 0.182. The molecule has 3 heterocycles. The predicted molar refractivity (Wildman–Crippen MR) is 215 cm³/mol. The highest BCUT2D eigenvalue weighted by molar-refractivity contribution is 7.26. The molecule has 0 fully saturated rings. The minimum absolute atomic E-state index is 0.718. The van der Waals surface area contributed by atoms with Crippen LogP contribution < -0.4 is 0 Å². The summed E-state index contributed by atoms with van der Waals surface area (Å²) in [7, 11) is 0. The van der Waals surface area contributed by atoms with Crippen LogP contribution in [0.3, 0.4) is 0 Å². The van der Waals surface area contributed by atoms with Crippen molar-refractivity contribution in [1.82, 2.24) is 9.97 Å². The average molecular weight is 673 g/mol. The first-order chi connectivity index (χ1) is 24.8. The topological polar surface area (TPSA) is 25.8 Å². The fraction of sp³-hybridized carbons (Fsp3) is 0. The summed E-state index contributed by atoms with van der Waals surface area (Å²) < 4.78 is 5.26. The molecule has 0 unspecified atom stereocenters. The van der Waals surface area contributed by atoms with Gasteiger partial charge in [-0.15, -0.1) is 22.7 Å². The van der Waals surface area contributed by atoms with E-state index in [2.05, 4.69) is 152 Å². The fourth-order valence-electron chi connectivity index (χ4n) is 7.13. The minimum Gasteiger partial charge on any atom is -0.228 e. The van der Waals surface area contributed by atoms with Crippen molar-refractivity contribution >= 4 is 63.0 Å². The third kappa shape index (κ3) is 4.92. The van der Waals surface area contributed by atoms with Gasteiger partial charge < -0.3 is 0 Å². The van der Waals surface area contributed by atoms with Crippen LogP contribution in [0.25, 0.3) is 96.5 Å². The van der Waals surface area contributed by atoms with Gasteiger partial charge >= 0.3 is 0 Å². The molecule has 10 rings (SSSR count). The van der Waals surface area contributed by atoms with E-state index in [0.717, 1.165) is 33.9 Å². The van der Waals surface area contributed by atoms with Gasteiger partial charge in [-0.05, 0) is 52.6 Å². The normalized spacial score (nSPS) is 11.6. The van der Waals surface area contributed by atoms with Crippen LogP contribution in [0.4, 0.5) is 0 Å². The van der Waals surface area contributed by atoms with Crippen molar-refractivity contribution < 1.29 is 0 Å². The Balaban J connectivity index is 1.05. The summed E-state index contributed by atoms with van der Waals surface area (Å²) in [6.45, 7) is 0. The molecule has 10 aromatic rings. The first-order valence-corrected chi connectivity index (χ1v) is 18.4. The van der Waals surface area contributed by atoms with Crippen molar-refractivity contribution in [2.24, 2.45) is 0 Å². The molecule has 7 aromatic carbocycles. The van der Waals surface area contributed by atoms with Crippen LogP contribution in [-0.2, 0) is 0 Å². The zero-order valence-corrected chi connectivity index (χ0v) is 28.5. The Kier molecular flexibility index (Phi) is 6.90. The highest BCUT2D eigenvalue weighted by Crippen LogP contribution is 2.42. The van der Waals surface area contributed by atoms with Gasteiger partial charge in [-0.2, -0.15) is 0 Å². The second-order valence-electron chi connectivity index (χ2n) is 12.5. The lowest BCUT2D eigenvalue weighted by molar-refractivity contribution is 1.18. The number of thiophene rings is 2. The number of benzene rings is 7. The van der Waals surface area contributed by atoms with Crippen LogP contribution in [0, 0.1) is 0 Å². The van der Waals surface area contributed by atoms with Crippen molar-refractivity contribution in [1.29, 1.82) is 0 Å². The lowest BCUT2D eigenvalue weighted by atomic mass is 9.97. The Labute approximate surface area is 297 Å². The molecule has 0 spiro atoms. The second kappa shape index (κ2) is 11.9. The first kappa shape index (κ1) is 29.0. The van der Waals surface area contributed by atoms with Crippen molar-refractivity contribution in [2.45, 2.75) is 0 Å². The Morgan fingerprint density at radius 3 is 1.24 bits per heavy atom. The fourth-order valence-corrected chi connectivity index (χ4v) is 9.40. The molecule has 4 heteroatoms. The Morgan fingerprint density at radius 1 is 0.320 bits per heavy atom. The SMILES string of the molecule is c1ccc(-c2nc(-c3ccc(-c4cccc5sc6ccccc6c45)cc3)cc(-c3ccc(-c4cccc5sc6ccccc6c45)cc3)n2)cc1. The molecule has 234 valence electrons.